The lowest BCUT2D eigenvalue weighted by atomic mass is 10.0. The Hall–Kier alpha value is -2.58. The maximum atomic E-state index is 13.1. The molecule has 1 atom stereocenters. The average molecular weight is 527 g/mol. The van der Waals surface area contributed by atoms with Crippen LogP contribution in [0.4, 0.5) is 5.13 Å². The second-order valence-electron chi connectivity index (χ2n) is 8.41. The highest BCUT2D eigenvalue weighted by Gasteiger charge is 2.24. The van der Waals surface area contributed by atoms with Crippen LogP contribution in [-0.2, 0) is 16.0 Å². The van der Waals surface area contributed by atoms with E-state index in [2.05, 4.69) is 36.8 Å². The van der Waals surface area contributed by atoms with Crippen LogP contribution in [0.3, 0.4) is 0 Å². The molecule has 1 unspecified atom stereocenters. The van der Waals surface area contributed by atoms with Crippen LogP contribution in [0, 0.1) is 5.92 Å². The molecule has 1 aromatic heterocycles. The molecule has 2 amide bonds. The van der Waals surface area contributed by atoms with Gasteiger partial charge in [0.25, 0.3) is 0 Å². The predicted molar refractivity (Wildman–Crippen MR) is 135 cm³/mol. The molecule has 0 radical (unpaired) electrons. The molecule has 0 aliphatic heterocycles. The molecule has 1 aliphatic carbocycles. The van der Waals surface area contributed by atoms with E-state index in [4.69, 9.17) is 0 Å². The molecule has 0 bridgehead atoms. The molecule has 8 heteroatoms. The van der Waals surface area contributed by atoms with Gasteiger partial charge in [-0.05, 0) is 30.0 Å². The summed E-state index contributed by atoms with van der Waals surface area (Å²) in [6, 6.07) is 16.8. The molecule has 0 spiro atoms. The Morgan fingerprint density at radius 2 is 1.76 bits per heavy atom. The van der Waals surface area contributed by atoms with Gasteiger partial charge in [0.2, 0.25) is 16.9 Å². The number of rotatable bonds is 9. The van der Waals surface area contributed by atoms with Gasteiger partial charge in [-0.3, -0.25) is 14.9 Å². The summed E-state index contributed by atoms with van der Waals surface area (Å²) in [5.41, 5.74) is 1.92. The zero-order valence-electron chi connectivity index (χ0n) is 18.3. The highest BCUT2D eigenvalue weighted by molar-refractivity contribution is 9.10. The Morgan fingerprint density at radius 1 is 1.03 bits per heavy atom. The van der Waals surface area contributed by atoms with E-state index in [1.807, 2.05) is 54.6 Å². The number of halogens is 1. The Morgan fingerprint density at radius 3 is 2.48 bits per heavy atom. The minimum Gasteiger partial charge on any atom is -0.344 e. The number of benzene rings is 2. The zero-order valence-corrected chi connectivity index (χ0v) is 20.7. The molecule has 6 nitrogen and oxygen atoms in total. The summed E-state index contributed by atoms with van der Waals surface area (Å²) < 4.78 is 0.983. The van der Waals surface area contributed by atoms with Crippen LogP contribution < -0.4 is 10.6 Å². The molecule has 172 valence electrons. The molecule has 1 aliphatic rings. The van der Waals surface area contributed by atoms with Crippen molar-refractivity contribution >= 4 is 44.2 Å². The van der Waals surface area contributed by atoms with Gasteiger partial charge in [-0.25, -0.2) is 0 Å². The molecule has 2 aromatic carbocycles. The lowest BCUT2D eigenvalue weighted by Crippen LogP contribution is -2.45. The Labute approximate surface area is 206 Å². The van der Waals surface area contributed by atoms with E-state index < -0.39 is 6.04 Å². The van der Waals surface area contributed by atoms with Crippen LogP contribution in [0.1, 0.15) is 44.1 Å². The first-order chi connectivity index (χ1) is 16.1. The Balaban J connectivity index is 1.41. The van der Waals surface area contributed by atoms with E-state index in [1.54, 1.807) is 0 Å². The van der Waals surface area contributed by atoms with Gasteiger partial charge in [0.05, 0.1) is 0 Å². The second kappa shape index (κ2) is 11.5. The minimum atomic E-state index is -0.677. The Bertz CT molecular complexity index is 1070. The lowest BCUT2D eigenvalue weighted by molar-refractivity contribution is -0.126. The zero-order chi connectivity index (χ0) is 23.0. The van der Waals surface area contributed by atoms with Crippen molar-refractivity contribution < 1.29 is 9.59 Å². The number of anilines is 1. The van der Waals surface area contributed by atoms with Gasteiger partial charge in [-0.15, -0.1) is 10.2 Å². The van der Waals surface area contributed by atoms with E-state index in [0.29, 0.717) is 23.9 Å². The van der Waals surface area contributed by atoms with E-state index in [-0.39, 0.29) is 11.8 Å². The molecule has 0 saturated heterocycles. The quantitative estimate of drug-likeness (QED) is 0.379. The lowest BCUT2D eigenvalue weighted by Gasteiger charge is -2.18. The van der Waals surface area contributed by atoms with Crippen molar-refractivity contribution in [1.29, 1.82) is 0 Å². The van der Waals surface area contributed by atoms with Gasteiger partial charge in [0.1, 0.15) is 11.0 Å². The van der Waals surface area contributed by atoms with E-state index in [1.165, 1.54) is 37.0 Å². The van der Waals surface area contributed by atoms with Gasteiger partial charge in [-0.1, -0.05) is 95.4 Å². The van der Waals surface area contributed by atoms with Crippen LogP contribution >= 0.6 is 27.3 Å². The summed E-state index contributed by atoms with van der Waals surface area (Å²) in [5.74, 6) is 0.271. The number of aromatic nitrogens is 2. The summed E-state index contributed by atoms with van der Waals surface area (Å²) in [7, 11) is 0. The molecular weight excluding hydrogens is 500 g/mol. The summed E-state index contributed by atoms with van der Waals surface area (Å²) in [6.07, 6.45) is 6.69. The molecule has 4 rings (SSSR count). The third-order valence-electron chi connectivity index (χ3n) is 5.94. The fourth-order valence-electron chi connectivity index (χ4n) is 4.14. The SMILES string of the molecule is O=C(CCC1CCCC1)NC(Cc1ccccc1)C(=O)Nc1nnc(-c2ccc(Br)cc2)s1. The summed E-state index contributed by atoms with van der Waals surface area (Å²) >= 11 is 4.73. The van der Waals surface area contributed by atoms with Crippen molar-refractivity contribution in [3.8, 4) is 10.6 Å². The van der Waals surface area contributed by atoms with Crippen molar-refractivity contribution in [2.45, 2.75) is 51.0 Å². The van der Waals surface area contributed by atoms with Gasteiger partial charge in [-0.2, -0.15) is 0 Å². The monoisotopic (exact) mass is 526 g/mol. The molecule has 1 saturated carbocycles. The number of nitrogens with one attached hydrogen (secondary N) is 2. The third-order valence-corrected chi connectivity index (χ3v) is 7.35. The molecule has 2 N–H and O–H groups in total. The van der Waals surface area contributed by atoms with Crippen LogP contribution in [0.15, 0.2) is 59.1 Å². The fourth-order valence-corrected chi connectivity index (χ4v) is 5.15. The molecule has 33 heavy (non-hydrogen) atoms. The minimum absolute atomic E-state index is 0.0780. The maximum absolute atomic E-state index is 13.1. The van der Waals surface area contributed by atoms with E-state index >= 15 is 0 Å². The van der Waals surface area contributed by atoms with Gasteiger partial charge in [0, 0.05) is 22.9 Å². The topological polar surface area (TPSA) is 84.0 Å². The first kappa shape index (κ1) is 23.6. The van der Waals surface area contributed by atoms with Gasteiger partial charge in [0.15, 0.2) is 0 Å². The largest absolute Gasteiger partial charge is 0.344 e. The molecule has 1 fully saturated rings. The highest BCUT2D eigenvalue weighted by Crippen LogP contribution is 2.29. The van der Waals surface area contributed by atoms with Crippen LogP contribution in [0.5, 0.6) is 0 Å². The third kappa shape index (κ3) is 6.95. The van der Waals surface area contributed by atoms with Crippen LogP contribution in [0.2, 0.25) is 0 Å². The van der Waals surface area contributed by atoms with Crippen molar-refractivity contribution in [3.63, 3.8) is 0 Å². The average Bonchev–Trinajstić information content (AvgIpc) is 3.51. The second-order valence-corrected chi connectivity index (χ2v) is 10.3. The first-order valence-electron chi connectivity index (χ1n) is 11.3. The molecule has 3 aromatic rings. The first-order valence-corrected chi connectivity index (χ1v) is 12.9. The number of hydrogen-bond donors (Lipinski definition) is 2. The van der Waals surface area contributed by atoms with Crippen molar-refractivity contribution in [2.24, 2.45) is 5.92 Å². The van der Waals surface area contributed by atoms with Crippen molar-refractivity contribution in [1.82, 2.24) is 15.5 Å². The number of nitrogens with zero attached hydrogens (tertiary/aromatic N) is 2. The summed E-state index contributed by atoms with van der Waals surface area (Å²) in [4.78, 5) is 25.8. The predicted octanol–water partition coefficient (Wildman–Crippen LogP) is 5.60. The summed E-state index contributed by atoms with van der Waals surface area (Å²) in [6.45, 7) is 0. The molecule has 1 heterocycles. The van der Waals surface area contributed by atoms with Gasteiger partial charge >= 0.3 is 0 Å². The molecular formula is C25H27BrN4O2S. The fraction of sp³-hybridized carbons (Fsp3) is 0.360. The van der Waals surface area contributed by atoms with Gasteiger partial charge < -0.3 is 5.32 Å². The highest BCUT2D eigenvalue weighted by atomic mass is 79.9. The van der Waals surface area contributed by atoms with Crippen molar-refractivity contribution in [2.75, 3.05) is 5.32 Å². The van der Waals surface area contributed by atoms with Crippen molar-refractivity contribution in [3.05, 3.63) is 64.6 Å². The number of carbonyl (C=O) groups is 2. The van der Waals surface area contributed by atoms with Crippen LogP contribution in [0.25, 0.3) is 10.6 Å². The smallest absolute Gasteiger partial charge is 0.249 e. The maximum Gasteiger partial charge on any atom is 0.249 e. The van der Waals surface area contributed by atoms with Crippen LogP contribution in [-0.4, -0.2) is 28.1 Å². The summed E-state index contributed by atoms with van der Waals surface area (Å²) in [5, 5.41) is 15.3. The number of carbonyl (C=O) groups excluding carboxylic acids is 2. The standard InChI is InChI=1S/C25H27BrN4O2S/c26-20-13-11-19(12-14-20)24-29-30-25(33-24)28-23(32)21(16-18-8-2-1-3-9-18)27-22(31)15-10-17-6-4-5-7-17/h1-3,8-9,11-14,17,21H,4-7,10,15-16H2,(H,27,31)(H,28,30,32). The van der Waals surface area contributed by atoms with E-state index in [0.717, 1.165) is 27.0 Å². The Kier molecular flexibility index (Phi) is 8.23. The number of amides is 2. The van der Waals surface area contributed by atoms with E-state index in [9.17, 15) is 9.59 Å². The normalized spacial score (nSPS) is 14.7. The number of hydrogen-bond acceptors (Lipinski definition) is 5.